The molecule has 0 aliphatic rings. The summed E-state index contributed by atoms with van der Waals surface area (Å²) in [5, 5.41) is 0. The van der Waals surface area contributed by atoms with Crippen LogP contribution in [0.1, 0.15) is 41.5 Å². The largest absolute Gasteiger partial charge is 0.124 e. The van der Waals surface area contributed by atoms with Gasteiger partial charge in [0.25, 0.3) is 0 Å². The zero-order chi connectivity index (χ0) is 11.1. The first kappa shape index (κ1) is 14.6. The summed E-state index contributed by atoms with van der Waals surface area (Å²) in [6.45, 7) is 13.1. The van der Waals surface area contributed by atoms with Gasteiger partial charge in [-0.2, -0.15) is 0 Å². The molecule has 0 saturated carbocycles. The van der Waals surface area contributed by atoms with Gasteiger partial charge < -0.3 is 0 Å². The molecule has 0 aromatic heterocycles. The molecule has 0 fully saturated rings. The van der Waals surface area contributed by atoms with Crippen molar-refractivity contribution < 1.29 is 0 Å². The Kier molecular flexibility index (Phi) is 7.33. The Hall–Kier alpha value is -0.960. The molecule has 0 unspecified atom stereocenters. The predicted molar refractivity (Wildman–Crippen MR) is 62.5 cm³/mol. The molecule has 0 atom stereocenters. The van der Waals surface area contributed by atoms with E-state index < -0.39 is 0 Å². The maximum atomic E-state index is 4.00. The summed E-state index contributed by atoms with van der Waals surface area (Å²) in [5.41, 5.74) is 3.09. The van der Waals surface area contributed by atoms with E-state index in [-0.39, 0.29) is 0 Å². The minimum atomic E-state index is 0.310. The highest BCUT2D eigenvalue weighted by Crippen LogP contribution is 2.25. The second-order valence-electron chi connectivity index (χ2n) is 4.11. The van der Waals surface area contributed by atoms with E-state index in [1.165, 1.54) is 11.1 Å². The smallest absolute Gasteiger partial charge is 0.0173 e. The highest BCUT2D eigenvalue weighted by Gasteiger charge is 2.11. The van der Waals surface area contributed by atoms with Gasteiger partial charge >= 0.3 is 0 Å². The Labute approximate surface area is 83.7 Å². The van der Waals surface area contributed by atoms with E-state index in [2.05, 4.69) is 66.5 Å². The molecule has 0 rings (SSSR count). The average Bonchev–Trinajstić information content (AvgIpc) is 2.06. The molecule has 0 nitrogen and oxygen atoms in total. The summed E-state index contributed by atoms with van der Waals surface area (Å²) in [7, 11) is 0. The molecule has 0 spiro atoms. The number of hydrogen-bond donors (Lipinski definition) is 0. The summed E-state index contributed by atoms with van der Waals surface area (Å²) in [6, 6.07) is 0. The Morgan fingerprint density at radius 1 is 1.08 bits per heavy atom. The standard InChI is InChI=1S/C11H20.C2H2/c1-7-9(2)8-10(3)11(4,5)6;1-2/h7-8H,1-6H3;1-2H/b9-7-,10-8+;. The third-order valence-electron chi connectivity index (χ3n) is 2.08. The van der Waals surface area contributed by atoms with Gasteiger partial charge in [-0.3, -0.25) is 0 Å². The Balaban J connectivity index is 0. The maximum Gasteiger partial charge on any atom is -0.0173 e. The molecule has 0 N–H and O–H groups in total. The van der Waals surface area contributed by atoms with Gasteiger partial charge in [-0.1, -0.05) is 44.1 Å². The van der Waals surface area contributed by atoms with Crippen molar-refractivity contribution in [2.75, 3.05) is 0 Å². The number of allylic oxidation sites excluding steroid dienone is 4. The van der Waals surface area contributed by atoms with Crippen molar-refractivity contribution in [2.45, 2.75) is 41.5 Å². The van der Waals surface area contributed by atoms with Gasteiger partial charge in [0.2, 0.25) is 0 Å². The van der Waals surface area contributed by atoms with E-state index >= 15 is 0 Å². The number of rotatable bonds is 1. The van der Waals surface area contributed by atoms with Crippen LogP contribution < -0.4 is 0 Å². The van der Waals surface area contributed by atoms with Crippen molar-refractivity contribution >= 4 is 0 Å². The lowest BCUT2D eigenvalue weighted by molar-refractivity contribution is 0.503. The molecule has 0 heterocycles. The van der Waals surface area contributed by atoms with E-state index in [1.807, 2.05) is 0 Å². The molecule has 0 aromatic carbocycles. The van der Waals surface area contributed by atoms with Crippen LogP contribution in [0, 0.1) is 18.3 Å². The summed E-state index contributed by atoms with van der Waals surface area (Å²) in [5.74, 6) is 0. The maximum absolute atomic E-state index is 4.00. The van der Waals surface area contributed by atoms with Crippen LogP contribution in [-0.4, -0.2) is 0 Å². The first-order chi connectivity index (χ1) is 5.88. The zero-order valence-electron chi connectivity index (χ0n) is 9.81. The minimum absolute atomic E-state index is 0.310. The van der Waals surface area contributed by atoms with Crippen LogP contribution in [-0.2, 0) is 0 Å². The molecule has 13 heavy (non-hydrogen) atoms. The van der Waals surface area contributed by atoms with Crippen LogP contribution >= 0.6 is 0 Å². The molecule has 0 aliphatic carbocycles. The third kappa shape index (κ3) is 7.40. The van der Waals surface area contributed by atoms with Gasteiger partial charge in [0.05, 0.1) is 0 Å². The van der Waals surface area contributed by atoms with Crippen molar-refractivity contribution in [3.8, 4) is 12.8 Å². The van der Waals surface area contributed by atoms with Crippen LogP contribution in [0.15, 0.2) is 23.3 Å². The monoisotopic (exact) mass is 178 g/mol. The van der Waals surface area contributed by atoms with Crippen molar-refractivity contribution in [3.63, 3.8) is 0 Å². The summed E-state index contributed by atoms with van der Waals surface area (Å²) >= 11 is 0. The van der Waals surface area contributed by atoms with E-state index in [1.54, 1.807) is 0 Å². The van der Waals surface area contributed by atoms with Gasteiger partial charge in [0.15, 0.2) is 0 Å². The van der Waals surface area contributed by atoms with Crippen molar-refractivity contribution in [2.24, 2.45) is 5.41 Å². The lowest BCUT2D eigenvalue weighted by Crippen LogP contribution is -2.06. The van der Waals surface area contributed by atoms with Crippen LogP contribution in [0.25, 0.3) is 0 Å². The fourth-order valence-corrected chi connectivity index (χ4v) is 0.641. The van der Waals surface area contributed by atoms with E-state index in [0.717, 1.165) is 0 Å². The van der Waals surface area contributed by atoms with Crippen molar-refractivity contribution in [1.82, 2.24) is 0 Å². The molecule has 0 amide bonds. The van der Waals surface area contributed by atoms with Gasteiger partial charge in [-0.25, -0.2) is 0 Å². The first-order valence-electron chi connectivity index (χ1n) is 4.53. The third-order valence-corrected chi connectivity index (χ3v) is 2.08. The Morgan fingerprint density at radius 3 is 1.69 bits per heavy atom. The van der Waals surface area contributed by atoms with Crippen LogP contribution in [0.2, 0.25) is 0 Å². The van der Waals surface area contributed by atoms with Gasteiger partial charge in [-0.15, -0.1) is 12.8 Å². The second kappa shape index (κ2) is 6.54. The first-order valence-corrected chi connectivity index (χ1v) is 4.53. The highest BCUT2D eigenvalue weighted by molar-refractivity contribution is 5.22. The van der Waals surface area contributed by atoms with Crippen molar-refractivity contribution in [1.29, 1.82) is 0 Å². The van der Waals surface area contributed by atoms with E-state index in [4.69, 9.17) is 0 Å². The highest BCUT2D eigenvalue weighted by atomic mass is 14.2. The van der Waals surface area contributed by atoms with E-state index in [9.17, 15) is 0 Å². The summed E-state index contributed by atoms with van der Waals surface area (Å²) in [4.78, 5) is 0. The fraction of sp³-hybridized carbons (Fsp3) is 0.538. The average molecular weight is 178 g/mol. The Bertz CT molecular complexity index is 206. The topological polar surface area (TPSA) is 0 Å². The fourth-order valence-electron chi connectivity index (χ4n) is 0.641. The van der Waals surface area contributed by atoms with Crippen molar-refractivity contribution in [3.05, 3.63) is 23.3 Å². The molecule has 0 heteroatoms. The normalized spacial score (nSPS) is 13.2. The predicted octanol–water partition coefficient (Wildman–Crippen LogP) is 4.19. The molecule has 0 aliphatic heterocycles. The van der Waals surface area contributed by atoms with Gasteiger partial charge in [0.1, 0.15) is 0 Å². The lowest BCUT2D eigenvalue weighted by atomic mass is 9.86. The number of hydrogen-bond acceptors (Lipinski definition) is 0. The number of terminal acetylenes is 1. The zero-order valence-corrected chi connectivity index (χ0v) is 9.81. The molecular formula is C13H22. The molecular weight excluding hydrogens is 156 g/mol. The van der Waals surface area contributed by atoms with Crippen LogP contribution in [0.4, 0.5) is 0 Å². The SMILES string of the molecule is C#C.C/C=C(C)\C=C(/C)C(C)(C)C. The van der Waals surface area contributed by atoms with Crippen LogP contribution in [0.3, 0.4) is 0 Å². The quantitative estimate of drug-likeness (QED) is 0.417. The Morgan fingerprint density at radius 2 is 1.46 bits per heavy atom. The second-order valence-corrected chi connectivity index (χ2v) is 4.11. The minimum Gasteiger partial charge on any atom is -0.124 e. The van der Waals surface area contributed by atoms with Gasteiger partial charge in [-0.05, 0) is 26.2 Å². The van der Waals surface area contributed by atoms with E-state index in [0.29, 0.717) is 5.41 Å². The lowest BCUT2D eigenvalue weighted by Gasteiger charge is -2.19. The van der Waals surface area contributed by atoms with Crippen LogP contribution in [0.5, 0.6) is 0 Å². The molecule has 0 aromatic rings. The summed E-state index contributed by atoms with van der Waals surface area (Å²) < 4.78 is 0. The molecule has 0 saturated heterocycles. The molecule has 0 bridgehead atoms. The summed E-state index contributed by atoms with van der Waals surface area (Å²) in [6.07, 6.45) is 12.4. The molecule has 74 valence electrons. The van der Waals surface area contributed by atoms with Gasteiger partial charge in [0, 0.05) is 0 Å². The molecule has 0 radical (unpaired) electrons.